The van der Waals surface area contributed by atoms with Crippen LogP contribution in [0, 0.1) is 0 Å². The van der Waals surface area contributed by atoms with Crippen LogP contribution >= 0.6 is 8.73 Å². The highest BCUT2D eigenvalue weighted by Crippen LogP contribution is 2.30. The van der Waals surface area contributed by atoms with Gasteiger partial charge in [0.1, 0.15) is 0 Å². The molecular formula is C6H9N2P. The Morgan fingerprint density at radius 1 is 1.67 bits per heavy atom. The van der Waals surface area contributed by atoms with Gasteiger partial charge in [-0.2, -0.15) is 0 Å². The molecule has 0 spiro atoms. The van der Waals surface area contributed by atoms with Crippen LogP contribution in [0.25, 0.3) is 0 Å². The zero-order valence-electron chi connectivity index (χ0n) is 5.02. The number of rotatable bonds is 0. The van der Waals surface area contributed by atoms with E-state index in [1.807, 2.05) is 0 Å². The van der Waals surface area contributed by atoms with Crippen molar-refractivity contribution in [2.45, 2.75) is 12.1 Å². The molecule has 1 saturated heterocycles. The van der Waals surface area contributed by atoms with Crippen LogP contribution in [0.2, 0.25) is 0 Å². The van der Waals surface area contributed by atoms with Gasteiger partial charge in [-0.15, -0.1) is 0 Å². The molecule has 0 aromatic rings. The summed E-state index contributed by atoms with van der Waals surface area (Å²) in [6.45, 7) is 0. The highest BCUT2D eigenvalue weighted by atomic mass is 31.1. The van der Waals surface area contributed by atoms with Crippen LogP contribution in [0.5, 0.6) is 0 Å². The van der Waals surface area contributed by atoms with E-state index in [0.29, 0.717) is 0 Å². The lowest BCUT2D eigenvalue weighted by molar-refractivity contribution is 0.805. The third-order valence-corrected chi connectivity index (χ3v) is 2.78. The van der Waals surface area contributed by atoms with Gasteiger partial charge in [0.2, 0.25) is 0 Å². The number of nitrogens with one attached hydrogen (secondary N) is 2. The van der Waals surface area contributed by atoms with Crippen LogP contribution in [-0.4, -0.2) is 5.66 Å². The van der Waals surface area contributed by atoms with Crippen LogP contribution in [-0.2, 0) is 0 Å². The van der Waals surface area contributed by atoms with Crippen LogP contribution in [0.1, 0.15) is 6.42 Å². The minimum Gasteiger partial charge on any atom is -0.322 e. The van der Waals surface area contributed by atoms with Gasteiger partial charge in [-0.25, -0.2) is 5.20 Å². The van der Waals surface area contributed by atoms with Crippen molar-refractivity contribution in [2.75, 3.05) is 0 Å². The van der Waals surface area contributed by atoms with E-state index in [2.05, 4.69) is 28.9 Å². The average Bonchev–Trinajstić information content (AvgIpc) is 2.33. The van der Waals surface area contributed by atoms with Gasteiger partial charge < -0.3 is 5.43 Å². The molecule has 48 valence electrons. The number of hydrazine groups is 1. The van der Waals surface area contributed by atoms with Gasteiger partial charge in [-0.3, -0.25) is 0 Å². The zero-order valence-corrected chi connectivity index (χ0v) is 6.02. The maximum Gasteiger partial charge on any atom is 0.0358 e. The molecule has 1 aliphatic heterocycles. The van der Waals surface area contributed by atoms with Crippen molar-refractivity contribution in [3.63, 3.8) is 0 Å². The summed E-state index contributed by atoms with van der Waals surface area (Å²) in [5.74, 6) is 0. The largest absolute Gasteiger partial charge is 0.322 e. The monoisotopic (exact) mass is 140 g/mol. The molecule has 2 N–H and O–H groups in total. The van der Waals surface area contributed by atoms with Gasteiger partial charge >= 0.3 is 0 Å². The van der Waals surface area contributed by atoms with Gasteiger partial charge in [0.25, 0.3) is 0 Å². The molecule has 0 aromatic carbocycles. The maximum atomic E-state index is 3.13. The highest BCUT2D eigenvalue weighted by Gasteiger charge is 2.19. The van der Waals surface area contributed by atoms with Crippen molar-refractivity contribution >= 4 is 8.73 Å². The minimum atomic E-state index is 0.745. The van der Waals surface area contributed by atoms with Gasteiger partial charge in [0.05, 0.1) is 0 Å². The molecule has 0 saturated carbocycles. The van der Waals surface area contributed by atoms with Crippen molar-refractivity contribution in [1.82, 2.24) is 10.6 Å². The third-order valence-electron chi connectivity index (χ3n) is 1.61. The Morgan fingerprint density at radius 3 is 3.56 bits per heavy atom. The van der Waals surface area contributed by atoms with Crippen molar-refractivity contribution in [3.05, 3.63) is 23.9 Å². The van der Waals surface area contributed by atoms with Gasteiger partial charge in [-0.05, 0) is 21.2 Å². The normalized spacial score (nSPS) is 33.8. The van der Waals surface area contributed by atoms with Crippen molar-refractivity contribution < 1.29 is 0 Å². The number of hydrogen-bond acceptors (Lipinski definition) is 2. The smallest absolute Gasteiger partial charge is 0.0358 e. The van der Waals surface area contributed by atoms with Gasteiger partial charge in [-0.1, -0.05) is 12.2 Å². The molecule has 0 bridgehead atoms. The molecule has 3 heteroatoms. The average molecular weight is 140 g/mol. The van der Waals surface area contributed by atoms with E-state index in [-0.39, 0.29) is 0 Å². The summed E-state index contributed by atoms with van der Waals surface area (Å²) in [6.07, 6.45) is 7.66. The first-order valence-corrected chi connectivity index (χ1v) is 4.18. The summed E-state index contributed by atoms with van der Waals surface area (Å²) in [6, 6.07) is 0. The lowest BCUT2D eigenvalue weighted by atomic mass is 10.1. The third kappa shape index (κ3) is 0.887. The van der Waals surface area contributed by atoms with Crippen molar-refractivity contribution in [2.24, 2.45) is 0 Å². The number of hydrogen-bond donors (Lipinski definition) is 2. The predicted octanol–water partition coefficient (Wildman–Crippen LogP) is 0.900. The molecule has 1 fully saturated rings. The standard InChI is InChI=1S/C6H9N2P/c1-2-4-6-5(3-1)7-8-9-6/h1-3,6-9H,4H2. The topological polar surface area (TPSA) is 24.1 Å². The van der Waals surface area contributed by atoms with E-state index in [1.54, 1.807) is 0 Å². The lowest BCUT2D eigenvalue weighted by Crippen LogP contribution is -2.17. The summed E-state index contributed by atoms with van der Waals surface area (Å²) < 4.78 is 0. The first kappa shape index (κ1) is 5.45. The fourth-order valence-electron chi connectivity index (χ4n) is 1.09. The van der Waals surface area contributed by atoms with E-state index in [1.165, 1.54) is 12.1 Å². The van der Waals surface area contributed by atoms with E-state index < -0.39 is 0 Å². The second kappa shape index (κ2) is 2.13. The molecule has 0 radical (unpaired) electrons. The first-order chi connectivity index (χ1) is 4.47. The van der Waals surface area contributed by atoms with Crippen LogP contribution < -0.4 is 10.6 Å². The van der Waals surface area contributed by atoms with Crippen molar-refractivity contribution in [1.29, 1.82) is 0 Å². The Kier molecular flexibility index (Phi) is 1.29. The summed E-state index contributed by atoms with van der Waals surface area (Å²) >= 11 is 0. The van der Waals surface area contributed by atoms with Crippen LogP contribution in [0.15, 0.2) is 23.9 Å². The van der Waals surface area contributed by atoms with Gasteiger partial charge in [0, 0.05) is 11.4 Å². The van der Waals surface area contributed by atoms with E-state index in [0.717, 1.165) is 14.4 Å². The summed E-state index contributed by atoms with van der Waals surface area (Å²) in [4.78, 5) is 0. The van der Waals surface area contributed by atoms with E-state index >= 15 is 0 Å². The molecule has 2 nitrogen and oxygen atoms in total. The Labute approximate surface area is 56.2 Å². The molecule has 9 heavy (non-hydrogen) atoms. The van der Waals surface area contributed by atoms with E-state index in [4.69, 9.17) is 0 Å². The van der Waals surface area contributed by atoms with E-state index in [9.17, 15) is 0 Å². The molecule has 1 heterocycles. The molecule has 2 rings (SSSR count). The number of allylic oxidation sites excluding steroid dienone is 4. The summed E-state index contributed by atoms with van der Waals surface area (Å²) in [5, 5.41) is 3.13. The predicted molar refractivity (Wildman–Crippen MR) is 40.2 cm³/mol. The Morgan fingerprint density at radius 2 is 2.67 bits per heavy atom. The minimum absolute atomic E-state index is 0.745. The Balaban J connectivity index is 2.23. The van der Waals surface area contributed by atoms with Crippen LogP contribution in [0.3, 0.4) is 0 Å². The lowest BCUT2D eigenvalue weighted by Gasteiger charge is -2.08. The second-order valence-corrected chi connectivity index (χ2v) is 3.47. The zero-order chi connectivity index (χ0) is 6.10. The second-order valence-electron chi connectivity index (χ2n) is 2.23. The molecule has 2 atom stereocenters. The Bertz CT molecular complexity index is 174. The highest BCUT2D eigenvalue weighted by molar-refractivity contribution is 7.37. The molecule has 0 amide bonds. The summed E-state index contributed by atoms with van der Waals surface area (Å²) in [5.41, 5.74) is 5.23. The Hall–Kier alpha value is -0.330. The molecule has 2 aliphatic rings. The molecule has 1 aliphatic carbocycles. The summed E-state index contributed by atoms with van der Waals surface area (Å²) in [7, 11) is 0.857. The fraction of sp³-hybridized carbons (Fsp3) is 0.333. The van der Waals surface area contributed by atoms with Crippen molar-refractivity contribution in [3.8, 4) is 0 Å². The first-order valence-electron chi connectivity index (χ1n) is 3.10. The quantitative estimate of drug-likeness (QED) is 0.488. The SMILES string of the molecule is C1=CCC2PNNC2=C1. The molecule has 2 unspecified atom stereocenters. The molecular weight excluding hydrogens is 131 g/mol. The maximum absolute atomic E-state index is 3.13. The number of fused-ring (bicyclic) bond motifs is 1. The molecule has 0 aromatic heterocycles. The van der Waals surface area contributed by atoms with Crippen LogP contribution in [0.4, 0.5) is 0 Å². The van der Waals surface area contributed by atoms with Gasteiger partial charge in [0.15, 0.2) is 0 Å². The fourth-order valence-corrected chi connectivity index (χ4v) is 2.06.